The maximum atomic E-state index is 13.6. The number of hydrogen-bond acceptors (Lipinski definition) is 3. The van der Waals surface area contributed by atoms with E-state index in [2.05, 4.69) is 15.6 Å². The number of pyridine rings is 1. The molecule has 1 amide bonds. The first-order valence-corrected chi connectivity index (χ1v) is 7.51. The first-order valence-electron chi connectivity index (χ1n) is 7.51. The molecule has 120 valence electrons. The second-order valence-corrected chi connectivity index (χ2v) is 5.22. The van der Waals surface area contributed by atoms with E-state index in [9.17, 15) is 9.18 Å². The molecule has 0 bridgehead atoms. The zero-order valence-corrected chi connectivity index (χ0v) is 12.9. The summed E-state index contributed by atoms with van der Waals surface area (Å²) in [6, 6.07) is 17.0. The number of hydrogen-bond donors (Lipinski definition) is 2. The number of nitrogens with one attached hydrogen (secondary N) is 2. The Morgan fingerprint density at radius 1 is 0.917 bits per heavy atom. The second-order valence-electron chi connectivity index (χ2n) is 5.22. The molecule has 2 aromatic carbocycles. The van der Waals surface area contributed by atoms with Gasteiger partial charge in [-0.25, -0.2) is 4.39 Å². The van der Waals surface area contributed by atoms with Gasteiger partial charge in [0.25, 0.3) is 5.91 Å². The van der Waals surface area contributed by atoms with Crippen molar-refractivity contribution in [3.8, 4) is 0 Å². The number of anilines is 2. The van der Waals surface area contributed by atoms with E-state index >= 15 is 0 Å². The molecule has 1 aromatic heterocycles. The highest BCUT2D eigenvalue weighted by Crippen LogP contribution is 2.16. The van der Waals surface area contributed by atoms with E-state index in [1.54, 1.807) is 36.7 Å². The Bertz CT molecular complexity index is 820. The second kappa shape index (κ2) is 7.37. The van der Waals surface area contributed by atoms with Crippen LogP contribution in [-0.2, 0) is 6.54 Å². The minimum Gasteiger partial charge on any atom is -0.381 e. The van der Waals surface area contributed by atoms with Crippen molar-refractivity contribution in [1.82, 2.24) is 4.98 Å². The van der Waals surface area contributed by atoms with E-state index in [-0.39, 0.29) is 5.56 Å². The largest absolute Gasteiger partial charge is 0.381 e. The van der Waals surface area contributed by atoms with Crippen LogP contribution in [0.25, 0.3) is 0 Å². The lowest BCUT2D eigenvalue weighted by atomic mass is 10.2. The van der Waals surface area contributed by atoms with Gasteiger partial charge in [-0.1, -0.05) is 12.1 Å². The predicted octanol–water partition coefficient (Wildman–Crippen LogP) is 4.09. The van der Waals surface area contributed by atoms with Crippen molar-refractivity contribution in [3.05, 3.63) is 90.0 Å². The van der Waals surface area contributed by atoms with Gasteiger partial charge in [-0.2, -0.15) is 0 Å². The number of benzene rings is 2. The SMILES string of the molecule is O=C(Nc1ccc(NCc2ccncc2)cc1)c1ccccc1F. The van der Waals surface area contributed by atoms with Gasteiger partial charge < -0.3 is 10.6 Å². The summed E-state index contributed by atoms with van der Waals surface area (Å²) < 4.78 is 13.6. The standard InChI is InChI=1S/C19H16FN3O/c20-18-4-2-1-3-17(18)19(24)23-16-7-5-15(6-8-16)22-13-14-9-11-21-12-10-14/h1-12,22H,13H2,(H,23,24). The maximum Gasteiger partial charge on any atom is 0.258 e. The molecule has 3 rings (SSSR count). The van der Waals surface area contributed by atoms with Gasteiger partial charge >= 0.3 is 0 Å². The molecule has 0 saturated heterocycles. The predicted molar refractivity (Wildman–Crippen MR) is 92.4 cm³/mol. The average Bonchev–Trinajstić information content (AvgIpc) is 2.62. The summed E-state index contributed by atoms with van der Waals surface area (Å²) in [5.74, 6) is -1.00. The van der Waals surface area contributed by atoms with Crippen LogP contribution >= 0.6 is 0 Å². The molecule has 3 aromatic rings. The highest BCUT2D eigenvalue weighted by Gasteiger charge is 2.10. The van der Waals surface area contributed by atoms with E-state index in [1.807, 2.05) is 24.3 Å². The molecule has 0 aliphatic heterocycles. The molecule has 0 aliphatic rings. The molecule has 0 atom stereocenters. The fourth-order valence-electron chi connectivity index (χ4n) is 2.22. The molecule has 5 heteroatoms. The first kappa shape index (κ1) is 15.7. The Balaban J connectivity index is 1.60. The van der Waals surface area contributed by atoms with E-state index in [4.69, 9.17) is 0 Å². The topological polar surface area (TPSA) is 54.0 Å². The highest BCUT2D eigenvalue weighted by atomic mass is 19.1. The lowest BCUT2D eigenvalue weighted by Crippen LogP contribution is -2.13. The zero-order valence-electron chi connectivity index (χ0n) is 12.9. The number of nitrogens with zero attached hydrogens (tertiary/aromatic N) is 1. The van der Waals surface area contributed by atoms with Gasteiger partial charge in [0.1, 0.15) is 5.82 Å². The average molecular weight is 321 g/mol. The van der Waals surface area contributed by atoms with Crippen LogP contribution in [0.3, 0.4) is 0 Å². The summed E-state index contributed by atoms with van der Waals surface area (Å²) in [5.41, 5.74) is 2.69. The highest BCUT2D eigenvalue weighted by molar-refractivity contribution is 6.04. The molecule has 0 spiro atoms. The van der Waals surface area contributed by atoms with Crippen LogP contribution in [0.4, 0.5) is 15.8 Å². The molecule has 1 heterocycles. The Morgan fingerprint density at radius 3 is 2.29 bits per heavy atom. The molecule has 0 unspecified atom stereocenters. The van der Waals surface area contributed by atoms with Crippen LogP contribution in [0, 0.1) is 5.82 Å². The third-order valence-electron chi connectivity index (χ3n) is 3.51. The maximum absolute atomic E-state index is 13.6. The number of carbonyl (C=O) groups is 1. The summed E-state index contributed by atoms with van der Waals surface area (Å²) in [4.78, 5) is 16.0. The zero-order chi connectivity index (χ0) is 16.8. The molecule has 0 radical (unpaired) electrons. The van der Waals surface area contributed by atoms with Gasteiger partial charge in [0, 0.05) is 30.3 Å². The number of halogens is 1. The molecular weight excluding hydrogens is 305 g/mol. The number of amides is 1. The lowest BCUT2D eigenvalue weighted by Gasteiger charge is -2.09. The van der Waals surface area contributed by atoms with E-state index in [0.717, 1.165) is 11.3 Å². The van der Waals surface area contributed by atoms with Crippen molar-refractivity contribution in [2.75, 3.05) is 10.6 Å². The van der Waals surface area contributed by atoms with Crippen LogP contribution in [0.5, 0.6) is 0 Å². The number of carbonyl (C=O) groups excluding carboxylic acids is 1. The van der Waals surface area contributed by atoms with Crippen molar-refractivity contribution in [2.24, 2.45) is 0 Å². The van der Waals surface area contributed by atoms with Gasteiger partial charge in [-0.15, -0.1) is 0 Å². The van der Waals surface area contributed by atoms with Crippen molar-refractivity contribution >= 4 is 17.3 Å². The molecule has 0 fully saturated rings. The summed E-state index contributed by atoms with van der Waals surface area (Å²) >= 11 is 0. The molecule has 24 heavy (non-hydrogen) atoms. The smallest absolute Gasteiger partial charge is 0.258 e. The van der Waals surface area contributed by atoms with E-state index < -0.39 is 11.7 Å². The first-order chi connectivity index (χ1) is 11.7. The van der Waals surface area contributed by atoms with Crippen LogP contribution in [0.1, 0.15) is 15.9 Å². The van der Waals surface area contributed by atoms with E-state index in [1.165, 1.54) is 12.1 Å². The molecular formula is C19H16FN3O. The molecule has 0 aliphatic carbocycles. The van der Waals surface area contributed by atoms with Crippen LogP contribution in [0.15, 0.2) is 73.1 Å². The van der Waals surface area contributed by atoms with Crippen LogP contribution < -0.4 is 10.6 Å². The Hall–Kier alpha value is -3.21. The van der Waals surface area contributed by atoms with E-state index in [0.29, 0.717) is 12.2 Å². The summed E-state index contributed by atoms with van der Waals surface area (Å²) in [5, 5.41) is 5.97. The van der Waals surface area contributed by atoms with Gasteiger partial charge in [-0.3, -0.25) is 9.78 Å². The van der Waals surface area contributed by atoms with Gasteiger partial charge in [0.15, 0.2) is 0 Å². The summed E-state index contributed by atoms with van der Waals surface area (Å²) in [7, 11) is 0. The Labute approximate surface area is 139 Å². The monoisotopic (exact) mass is 321 g/mol. The van der Waals surface area contributed by atoms with Crippen LogP contribution in [-0.4, -0.2) is 10.9 Å². The molecule has 2 N–H and O–H groups in total. The Morgan fingerprint density at radius 2 is 1.58 bits per heavy atom. The quantitative estimate of drug-likeness (QED) is 0.744. The number of aromatic nitrogens is 1. The lowest BCUT2D eigenvalue weighted by molar-refractivity contribution is 0.102. The molecule has 0 saturated carbocycles. The normalized spacial score (nSPS) is 10.2. The fraction of sp³-hybridized carbons (Fsp3) is 0.0526. The van der Waals surface area contributed by atoms with Crippen LogP contribution in [0.2, 0.25) is 0 Å². The van der Waals surface area contributed by atoms with Crippen molar-refractivity contribution in [3.63, 3.8) is 0 Å². The van der Waals surface area contributed by atoms with Crippen molar-refractivity contribution < 1.29 is 9.18 Å². The summed E-state index contributed by atoms with van der Waals surface area (Å²) in [6.45, 7) is 0.684. The number of rotatable bonds is 5. The third-order valence-corrected chi connectivity index (χ3v) is 3.51. The van der Waals surface area contributed by atoms with Gasteiger partial charge in [0.05, 0.1) is 5.56 Å². The van der Waals surface area contributed by atoms with Gasteiger partial charge in [-0.05, 0) is 54.1 Å². The Kier molecular flexibility index (Phi) is 4.81. The fourth-order valence-corrected chi connectivity index (χ4v) is 2.22. The van der Waals surface area contributed by atoms with Crippen molar-refractivity contribution in [1.29, 1.82) is 0 Å². The summed E-state index contributed by atoms with van der Waals surface area (Å²) in [6.07, 6.45) is 3.50. The minimum absolute atomic E-state index is 0.0254. The minimum atomic E-state index is -0.536. The molecule has 4 nitrogen and oxygen atoms in total. The van der Waals surface area contributed by atoms with Gasteiger partial charge in [0.2, 0.25) is 0 Å². The van der Waals surface area contributed by atoms with Crippen molar-refractivity contribution in [2.45, 2.75) is 6.54 Å². The third kappa shape index (κ3) is 3.95.